The minimum absolute atomic E-state index is 0.412. The lowest BCUT2D eigenvalue weighted by atomic mass is 10.1. The van der Waals surface area contributed by atoms with Crippen molar-refractivity contribution in [3.8, 4) is 11.4 Å². The molecule has 0 unspecified atom stereocenters. The van der Waals surface area contributed by atoms with E-state index >= 15 is 0 Å². The van der Waals surface area contributed by atoms with Gasteiger partial charge in [0.15, 0.2) is 0 Å². The standard InChI is InChI=1S/C22H15Cl3N2O2/c1-29-22(28)14-4-9-20-19(10-14)26-21(17-8-7-16(24)11-18(17)25)27(20)12-13-2-5-15(23)6-3-13/h2-11H,12H2,1H3. The number of aromatic nitrogens is 2. The van der Waals surface area contributed by atoms with Crippen LogP contribution in [0.1, 0.15) is 15.9 Å². The number of halogens is 3. The second kappa shape index (κ2) is 8.07. The van der Waals surface area contributed by atoms with E-state index in [9.17, 15) is 4.79 Å². The molecule has 0 aliphatic rings. The van der Waals surface area contributed by atoms with Crippen molar-refractivity contribution in [3.05, 3.63) is 86.9 Å². The highest BCUT2D eigenvalue weighted by Crippen LogP contribution is 2.33. The summed E-state index contributed by atoms with van der Waals surface area (Å²) in [4.78, 5) is 16.7. The van der Waals surface area contributed by atoms with Gasteiger partial charge in [-0.1, -0.05) is 46.9 Å². The Balaban J connectivity index is 1.91. The molecule has 4 rings (SSSR count). The maximum atomic E-state index is 11.9. The Bertz CT molecular complexity index is 1220. The van der Waals surface area contributed by atoms with Gasteiger partial charge >= 0.3 is 5.97 Å². The molecule has 0 aliphatic carbocycles. The molecule has 7 heteroatoms. The van der Waals surface area contributed by atoms with Crippen LogP contribution in [0.15, 0.2) is 60.7 Å². The van der Waals surface area contributed by atoms with Crippen LogP contribution in [-0.4, -0.2) is 22.6 Å². The van der Waals surface area contributed by atoms with Crippen molar-refractivity contribution in [2.45, 2.75) is 6.54 Å². The summed E-state index contributed by atoms with van der Waals surface area (Å²) < 4.78 is 6.87. The van der Waals surface area contributed by atoms with Crippen molar-refractivity contribution in [3.63, 3.8) is 0 Å². The summed E-state index contributed by atoms with van der Waals surface area (Å²) >= 11 is 18.5. The Morgan fingerprint density at radius 1 is 0.966 bits per heavy atom. The molecule has 0 spiro atoms. The first-order valence-electron chi connectivity index (χ1n) is 8.75. The summed E-state index contributed by atoms with van der Waals surface area (Å²) in [5.74, 6) is 0.267. The van der Waals surface area contributed by atoms with E-state index in [4.69, 9.17) is 44.5 Å². The number of hydrogen-bond acceptors (Lipinski definition) is 3. The van der Waals surface area contributed by atoms with Crippen molar-refractivity contribution >= 4 is 51.8 Å². The fourth-order valence-electron chi connectivity index (χ4n) is 3.18. The van der Waals surface area contributed by atoms with Crippen LogP contribution >= 0.6 is 34.8 Å². The molecule has 0 amide bonds. The van der Waals surface area contributed by atoms with Crippen LogP contribution < -0.4 is 0 Å². The van der Waals surface area contributed by atoms with Gasteiger partial charge in [0, 0.05) is 22.2 Å². The predicted molar refractivity (Wildman–Crippen MR) is 117 cm³/mol. The molecule has 0 bridgehead atoms. The fourth-order valence-corrected chi connectivity index (χ4v) is 3.80. The molecule has 0 saturated carbocycles. The number of carbonyl (C=O) groups excluding carboxylic acids is 1. The smallest absolute Gasteiger partial charge is 0.337 e. The topological polar surface area (TPSA) is 44.1 Å². The van der Waals surface area contributed by atoms with Crippen LogP contribution in [0, 0.1) is 0 Å². The van der Waals surface area contributed by atoms with E-state index < -0.39 is 5.97 Å². The van der Waals surface area contributed by atoms with Crippen molar-refractivity contribution in [1.29, 1.82) is 0 Å². The van der Waals surface area contributed by atoms with Crippen molar-refractivity contribution in [2.24, 2.45) is 0 Å². The summed E-state index contributed by atoms with van der Waals surface area (Å²) in [6, 6.07) is 18.2. The highest BCUT2D eigenvalue weighted by atomic mass is 35.5. The normalized spacial score (nSPS) is 11.0. The zero-order valence-corrected chi connectivity index (χ0v) is 17.6. The van der Waals surface area contributed by atoms with Gasteiger partial charge in [-0.15, -0.1) is 0 Å². The third kappa shape index (κ3) is 3.97. The molecule has 0 fully saturated rings. The minimum Gasteiger partial charge on any atom is -0.465 e. The summed E-state index contributed by atoms with van der Waals surface area (Å²) in [6.07, 6.45) is 0. The van der Waals surface area contributed by atoms with Gasteiger partial charge in [0.25, 0.3) is 0 Å². The first-order chi connectivity index (χ1) is 14.0. The molecule has 0 saturated heterocycles. The maximum absolute atomic E-state index is 11.9. The monoisotopic (exact) mass is 444 g/mol. The molecule has 0 N–H and O–H groups in total. The molecular formula is C22H15Cl3N2O2. The van der Waals surface area contributed by atoms with Gasteiger partial charge in [-0.3, -0.25) is 0 Å². The van der Waals surface area contributed by atoms with Gasteiger partial charge in [-0.05, 0) is 54.1 Å². The number of ether oxygens (including phenoxy) is 1. The number of rotatable bonds is 4. The second-order valence-corrected chi connectivity index (χ2v) is 7.75. The van der Waals surface area contributed by atoms with Gasteiger partial charge in [0.05, 0.1) is 28.7 Å². The second-order valence-electron chi connectivity index (χ2n) is 6.47. The van der Waals surface area contributed by atoms with Gasteiger partial charge < -0.3 is 9.30 Å². The van der Waals surface area contributed by atoms with E-state index in [0.717, 1.165) is 16.6 Å². The Kier molecular flexibility index (Phi) is 5.50. The summed E-state index contributed by atoms with van der Waals surface area (Å²) in [7, 11) is 1.35. The molecule has 4 aromatic rings. The molecule has 4 nitrogen and oxygen atoms in total. The first-order valence-corrected chi connectivity index (χ1v) is 9.88. The zero-order valence-electron chi connectivity index (χ0n) is 15.3. The van der Waals surface area contributed by atoms with Crippen molar-refractivity contribution in [1.82, 2.24) is 9.55 Å². The van der Waals surface area contributed by atoms with E-state index in [-0.39, 0.29) is 0 Å². The van der Waals surface area contributed by atoms with Gasteiger partial charge in [-0.25, -0.2) is 9.78 Å². The van der Waals surface area contributed by atoms with Crippen LogP contribution in [-0.2, 0) is 11.3 Å². The van der Waals surface area contributed by atoms with Crippen LogP contribution in [0.4, 0.5) is 0 Å². The third-order valence-electron chi connectivity index (χ3n) is 4.60. The third-order valence-corrected chi connectivity index (χ3v) is 5.40. The number of fused-ring (bicyclic) bond motifs is 1. The number of hydrogen-bond donors (Lipinski definition) is 0. The molecule has 1 heterocycles. The van der Waals surface area contributed by atoms with E-state index in [1.807, 2.05) is 36.4 Å². The average molecular weight is 446 g/mol. The Morgan fingerprint density at radius 3 is 2.38 bits per heavy atom. The molecule has 3 aromatic carbocycles. The van der Waals surface area contributed by atoms with E-state index in [2.05, 4.69) is 4.57 Å². The molecular weight excluding hydrogens is 431 g/mol. The molecule has 0 atom stereocenters. The lowest BCUT2D eigenvalue weighted by Gasteiger charge is -2.11. The maximum Gasteiger partial charge on any atom is 0.337 e. The SMILES string of the molecule is COC(=O)c1ccc2c(c1)nc(-c1ccc(Cl)cc1Cl)n2Cc1ccc(Cl)cc1. The molecule has 29 heavy (non-hydrogen) atoms. The molecule has 146 valence electrons. The van der Waals surface area contributed by atoms with E-state index in [1.165, 1.54) is 7.11 Å². The number of methoxy groups -OCH3 is 1. The quantitative estimate of drug-likeness (QED) is 0.337. The zero-order chi connectivity index (χ0) is 20.5. The van der Waals surface area contributed by atoms with Gasteiger partial charge in [-0.2, -0.15) is 0 Å². The number of esters is 1. The van der Waals surface area contributed by atoms with Crippen molar-refractivity contribution < 1.29 is 9.53 Å². The lowest BCUT2D eigenvalue weighted by molar-refractivity contribution is 0.0601. The predicted octanol–water partition coefficient (Wildman–Crippen LogP) is 6.50. The number of nitrogens with zero attached hydrogens (tertiary/aromatic N) is 2. The summed E-state index contributed by atoms with van der Waals surface area (Å²) in [5.41, 5.74) is 3.78. The van der Waals surface area contributed by atoms with Gasteiger partial charge in [0.2, 0.25) is 0 Å². The van der Waals surface area contributed by atoms with Gasteiger partial charge in [0.1, 0.15) is 5.82 Å². The summed E-state index contributed by atoms with van der Waals surface area (Å²) in [5, 5.41) is 1.72. The molecule has 0 radical (unpaired) electrons. The highest BCUT2D eigenvalue weighted by molar-refractivity contribution is 6.36. The molecule has 1 aromatic heterocycles. The number of carbonyl (C=O) groups is 1. The lowest BCUT2D eigenvalue weighted by Crippen LogP contribution is -2.03. The summed E-state index contributed by atoms with van der Waals surface area (Å²) in [6.45, 7) is 0.555. The van der Waals surface area contributed by atoms with E-state index in [0.29, 0.717) is 38.5 Å². The van der Waals surface area contributed by atoms with Crippen LogP contribution in [0.2, 0.25) is 15.1 Å². The van der Waals surface area contributed by atoms with Crippen molar-refractivity contribution in [2.75, 3.05) is 7.11 Å². The number of benzene rings is 3. The van der Waals surface area contributed by atoms with Crippen LogP contribution in [0.25, 0.3) is 22.4 Å². The average Bonchev–Trinajstić information content (AvgIpc) is 3.06. The Hall–Kier alpha value is -2.53. The Labute approximate surface area is 182 Å². The highest BCUT2D eigenvalue weighted by Gasteiger charge is 2.17. The minimum atomic E-state index is -0.412. The first kappa shape index (κ1) is 19.8. The number of imidazole rings is 1. The largest absolute Gasteiger partial charge is 0.465 e. The fraction of sp³-hybridized carbons (Fsp3) is 0.0909. The molecule has 0 aliphatic heterocycles. The van der Waals surface area contributed by atoms with Crippen LogP contribution in [0.5, 0.6) is 0 Å². The van der Waals surface area contributed by atoms with E-state index in [1.54, 1.807) is 24.3 Å². The van der Waals surface area contributed by atoms with Crippen LogP contribution in [0.3, 0.4) is 0 Å². The Morgan fingerprint density at radius 2 is 1.69 bits per heavy atom.